The quantitative estimate of drug-likeness (QED) is 0.852. The van der Waals surface area contributed by atoms with E-state index < -0.39 is 0 Å². The van der Waals surface area contributed by atoms with Crippen LogP contribution in [-0.2, 0) is 17.8 Å². The van der Waals surface area contributed by atoms with Crippen molar-refractivity contribution in [2.75, 3.05) is 13.2 Å². The van der Waals surface area contributed by atoms with Crippen LogP contribution in [0.4, 0.5) is 8.78 Å². The van der Waals surface area contributed by atoms with Gasteiger partial charge in [0.1, 0.15) is 24.0 Å². The molecule has 0 bridgehead atoms. The number of hydrogen-bond donors (Lipinski definition) is 0. The number of ether oxygens (including phenoxy) is 2. The van der Waals surface area contributed by atoms with Gasteiger partial charge in [-0.1, -0.05) is 0 Å². The van der Waals surface area contributed by atoms with E-state index in [0.29, 0.717) is 47.6 Å². The molecule has 0 aliphatic carbocycles. The minimum Gasteiger partial charge on any atom is -0.488 e. The van der Waals surface area contributed by atoms with Crippen LogP contribution in [0.25, 0.3) is 11.1 Å². The zero-order valence-corrected chi connectivity index (χ0v) is 12.9. The number of hydrogen-bond acceptors (Lipinski definition) is 3. The number of benzene rings is 2. The molecule has 1 saturated heterocycles. The highest BCUT2D eigenvalue weighted by molar-refractivity contribution is 5.76. The largest absolute Gasteiger partial charge is 0.488 e. The average Bonchev–Trinajstić information content (AvgIpc) is 2.52. The Morgan fingerprint density at radius 1 is 1.08 bits per heavy atom. The van der Waals surface area contributed by atoms with Crippen molar-refractivity contribution in [1.29, 1.82) is 5.26 Å². The second-order valence-electron chi connectivity index (χ2n) is 6.15. The highest BCUT2D eigenvalue weighted by Crippen LogP contribution is 2.41. The lowest BCUT2D eigenvalue weighted by atomic mass is 9.88. The van der Waals surface area contributed by atoms with Gasteiger partial charge in [0.2, 0.25) is 0 Å². The second kappa shape index (κ2) is 5.88. The van der Waals surface area contributed by atoms with E-state index in [1.165, 1.54) is 12.1 Å². The molecule has 2 aromatic rings. The minimum absolute atomic E-state index is 0.0568. The Labute approximate surface area is 138 Å². The molecule has 2 aliphatic rings. The lowest BCUT2D eigenvalue weighted by molar-refractivity contribution is 0.00703. The van der Waals surface area contributed by atoms with Gasteiger partial charge >= 0.3 is 0 Å². The summed E-state index contributed by atoms with van der Waals surface area (Å²) in [7, 11) is 0. The van der Waals surface area contributed by atoms with Crippen molar-refractivity contribution in [2.45, 2.75) is 25.4 Å². The Bertz CT molecular complexity index is 853. The van der Waals surface area contributed by atoms with Crippen molar-refractivity contribution in [3.8, 4) is 22.9 Å². The molecule has 0 aromatic heterocycles. The molecule has 0 spiro atoms. The average molecular weight is 327 g/mol. The maximum atomic E-state index is 14.4. The van der Waals surface area contributed by atoms with Crippen LogP contribution in [0, 0.1) is 23.0 Å². The van der Waals surface area contributed by atoms with Gasteiger partial charge in [-0.2, -0.15) is 5.26 Å². The van der Waals surface area contributed by atoms with Gasteiger partial charge in [0.15, 0.2) is 0 Å². The Hall–Kier alpha value is -2.45. The van der Waals surface area contributed by atoms with Gasteiger partial charge in [-0.05, 0) is 47.4 Å². The number of nitriles is 1. The van der Waals surface area contributed by atoms with E-state index in [1.54, 1.807) is 12.1 Å². The summed E-state index contributed by atoms with van der Waals surface area (Å²) >= 11 is 0. The molecule has 0 N–H and O–H groups in total. The van der Waals surface area contributed by atoms with Gasteiger partial charge in [0.25, 0.3) is 0 Å². The Kier molecular flexibility index (Phi) is 3.70. The topological polar surface area (TPSA) is 42.2 Å². The van der Waals surface area contributed by atoms with Gasteiger partial charge in [0, 0.05) is 23.5 Å². The molecule has 2 heterocycles. The maximum absolute atomic E-state index is 14.4. The second-order valence-corrected chi connectivity index (χ2v) is 6.15. The van der Waals surface area contributed by atoms with Crippen molar-refractivity contribution in [2.24, 2.45) is 0 Å². The molecule has 0 atom stereocenters. The van der Waals surface area contributed by atoms with Crippen molar-refractivity contribution < 1.29 is 18.3 Å². The predicted molar refractivity (Wildman–Crippen MR) is 83.6 cm³/mol. The SMILES string of the molecule is N#CCCc1cc2c(cc1F)-c1cc(C3COC3)c(F)cc1CO2. The smallest absolute Gasteiger partial charge is 0.128 e. The van der Waals surface area contributed by atoms with Crippen LogP contribution in [-0.4, -0.2) is 13.2 Å². The van der Waals surface area contributed by atoms with E-state index >= 15 is 0 Å². The van der Waals surface area contributed by atoms with Crippen LogP contribution < -0.4 is 4.74 Å². The van der Waals surface area contributed by atoms with E-state index in [1.807, 2.05) is 6.07 Å². The summed E-state index contributed by atoms with van der Waals surface area (Å²) in [6, 6.07) is 8.38. The molecule has 2 aromatic carbocycles. The third-order valence-electron chi connectivity index (χ3n) is 4.63. The molecular weight excluding hydrogens is 312 g/mol. The van der Waals surface area contributed by atoms with Crippen LogP contribution in [0.5, 0.6) is 5.75 Å². The lowest BCUT2D eigenvalue weighted by Gasteiger charge is -2.29. The predicted octanol–water partition coefficient (Wildman–Crippen LogP) is 4.09. The maximum Gasteiger partial charge on any atom is 0.128 e. The third-order valence-corrected chi connectivity index (χ3v) is 4.63. The fourth-order valence-corrected chi connectivity index (χ4v) is 3.19. The van der Waals surface area contributed by atoms with E-state index in [9.17, 15) is 8.78 Å². The van der Waals surface area contributed by atoms with Gasteiger partial charge in [-0.25, -0.2) is 8.78 Å². The zero-order valence-electron chi connectivity index (χ0n) is 12.9. The molecule has 0 unspecified atom stereocenters. The van der Waals surface area contributed by atoms with Crippen LogP contribution in [0.2, 0.25) is 0 Å². The minimum atomic E-state index is -0.363. The van der Waals surface area contributed by atoms with Crippen molar-refractivity contribution in [3.63, 3.8) is 0 Å². The highest BCUT2D eigenvalue weighted by atomic mass is 19.1. The van der Waals surface area contributed by atoms with Crippen LogP contribution in [0.15, 0.2) is 24.3 Å². The van der Waals surface area contributed by atoms with E-state index in [-0.39, 0.29) is 30.6 Å². The van der Waals surface area contributed by atoms with Crippen molar-refractivity contribution in [3.05, 3.63) is 52.6 Å². The molecule has 0 amide bonds. The normalized spacial score (nSPS) is 15.7. The molecule has 1 fully saturated rings. The number of halogens is 2. The van der Waals surface area contributed by atoms with Gasteiger partial charge in [0.05, 0.1) is 19.3 Å². The molecule has 5 heteroatoms. The highest BCUT2D eigenvalue weighted by Gasteiger charge is 2.27. The Morgan fingerprint density at radius 2 is 1.92 bits per heavy atom. The summed E-state index contributed by atoms with van der Waals surface area (Å²) in [5, 5.41) is 8.68. The van der Waals surface area contributed by atoms with Crippen LogP contribution in [0.1, 0.15) is 29.0 Å². The fraction of sp³-hybridized carbons (Fsp3) is 0.316. The van der Waals surface area contributed by atoms with Gasteiger partial charge < -0.3 is 9.47 Å². The van der Waals surface area contributed by atoms with Crippen LogP contribution in [0.3, 0.4) is 0 Å². The molecule has 4 rings (SSSR count). The number of rotatable bonds is 3. The summed E-state index contributed by atoms with van der Waals surface area (Å²) in [6.45, 7) is 1.28. The van der Waals surface area contributed by atoms with E-state index in [4.69, 9.17) is 14.7 Å². The standard InChI is InChI=1S/C19H15F2NO2/c20-17-7-16-14-6-15(13-8-23-9-13)18(21)4-12(14)10-24-19(16)5-11(17)2-1-3-22/h4-7,13H,1-2,8-10H2. The first-order valence-corrected chi connectivity index (χ1v) is 7.90. The monoisotopic (exact) mass is 327 g/mol. The van der Waals surface area contributed by atoms with Crippen LogP contribution >= 0.6 is 0 Å². The number of nitrogens with zero attached hydrogens (tertiary/aromatic N) is 1. The molecule has 0 saturated carbocycles. The summed E-state index contributed by atoms with van der Waals surface area (Å²) in [4.78, 5) is 0. The third kappa shape index (κ3) is 2.44. The first-order valence-electron chi connectivity index (χ1n) is 7.90. The summed E-state index contributed by atoms with van der Waals surface area (Å²) in [6.07, 6.45) is 0.600. The number of fused-ring (bicyclic) bond motifs is 3. The molecule has 3 nitrogen and oxygen atoms in total. The summed E-state index contributed by atoms with van der Waals surface area (Å²) in [5.74, 6) is 0.0131. The lowest BCUT2D eigenvalue weighted by Crippen LogP contribution is -2.26. The van der Waals surface area contributed by atoms with E-state index in [0.717, 1.165) is 5.56 Å². The number of aryl methyl sites for hydroxylation is 1. The van der Waals surface area contributed by atoms with Crippen molar-refractivity contribution >= 4 is 0 Å². The summed E-state index contributed by atoms with van der Waals surface area (Å²) < 4.78 is 39.5. The van der Waals surface area contributed by atoms with E-state index in [2.05, 4.69) is 0 Å². The zero-order chi connectivity index (χ0) is 16.7. The molecule has 24 heavy (non-hydrogen) atoms. The first-order chi connectivity index (χ1) is 11.7. The first kappa shape index (κ1) is 15.1. The Morgan fingerprint density at radius 3 is 2.62 bits per heavy atom. The van der Waals surface area contributed by atoms with Gasteiger partial charge in [-0.15, -0.1) is 0 Å². The molecule has 0 radical (unpaired) electrons. The molecular formula is C19H15F2NO2. The Balaban J connectivity index is 1.79. The molecule has 122 valence electrons. The van der Waals surface area contributed by atoms with Gasteiger partial charge in [-0.3, -0.25) is 0 Å². The van der Waals surface area contributed by atoms with Crippen molar-refractivity contribution in [1.82, 2.24) is 0 Å². The summed E-state index contributed by atoms with van der Waals surface area (Å²) in [5.41, 5.74) is 3.24. The fourth-order valence-electron chi connectivity index (χ4n) is 3.19. The molecule has 2 aliphatic heterocycles.